The molecule has 4 atom stereocenters. The lowest BCUT2D eigenvalue weighted by molar-refractivity contribution is -0.150. The van der Waals surface area contributed by atoms with E-state index in [1.54, 1.807) is 6.07 Å². The number of nitroso groups, excluding NO2 is 1. The third-order valence-corrected chi connectivity index (χ3v) is 1.69. The topological polar surface area (TPSA) is 103 Å². The maximum Gasteiger partial charge on any atom is 0.219 e. The molecule has 2 N–H and O–H groups in total. The molecule has 1 aliphatic heterocycles. The van der Waals surface area contributed by atoms with E-state index in [0.29, 0.717) is 0 Å². The largest absolute Gasteiger partial charge is 0.390 e. The Hall–Kier alpha value is -1.03. The van der Waals surface area contributed by atoms with Crippen LogP contribution in [0.15, 0.2) is 5.18 Å². The molecule has 0 aromatic carbocycles. The molecule has 0 aromatic heterocycles. The molecule has 6 heteroatoms. The zero-order valence-corrected chi connectivity index (χ0v) is 6.12. The molecule has 1 saturated heterocycles. The predicted octanol–water partition coefficient (Wildman–Crippen LogP) is -0.887. The SMILES string of the molecule is N#CC1CC(O)C(O)[C@H](N=O)O1. The average molecular weight is 172 g/mol. The molecule has 0 saturated carbocycles. The Morgan fingerprint density at radius 3 is 2.75 bits per heavy atom. The summed E-state index contributed by atoms with van der Waals surface area (Å²) < 4.78 is 4.72. The number of aliphatic hydroxyl groups excluding tert-OH is 2. The lowest BCUT2D eigenvalue weighted by Gasteiger charge is -2.30. The third kappa shape index (κ3) is 1.58. The van der Waals surface area contributed by atoms with Crippen LogP contribution < -0.4 is 0 Å². The minimum Gasteiger partial charge on any atom is -0.390 e. The van der Waals surface area contributed by atoms with Crippen LogP contribution in [-0.4, -0.2) is 34.8 Å². The highest BCUT2D eigenvalue weighted by molar-refractivity contribution is 4.94. The first-order chi connectivity index (χ1) is 5.69. The molecule has 12 heavy (non-hydrogen) atoms. The van der Waals surface area contributed by atoms with Crippen LogP contribution in [0.25, 0.3) is 0 Å². The summed E-state index contributed by atoms with van der Waals surface area (Å²) in [7, 11) is 0. The molecule has 3 unspecified atom stereocenters. The second-order valence-electron chi connectivity index (χ2n) is 2.54. The van der Waals surface area contributed by atoms with Gasteiger partial charge in [0.15, 0.2) is 0 Å². The van der Waals surface area contributed by atoms with E-state index < -0.39 is 24.5 Å². The van der Waals surface area contributed by atoms with Gasteiger partial charge in [0.25, 0.3) is 0 Å². The Morgan fingerprint density at radius 1 is 1.58 bits per heavy atom. The molecule has 1 heterocycles. The maximum absolute atomic E-state index is 10.0. The van der Waals surface area contributed by atoms with Crippen molar-refractivity contribution in [2.45, 2.75) is 31.0 Å². The monoisotopic (exact) mass is 172 g/mol. The third-order valence-electron chi connectivity index (χ3n) is 1.69. The van der Waals surface area contributed by atoms with Crippen molar-refractivity contribution in [1.82, 2.24) is 0 Å². The summed E-state index contributed by atoms with van der Waals surface area (Å²) >= 11 is 0. The first kappa shape index (κ1) is 9.06. The van der Waals surface area contributed by atoms with Gasteiger partial charge in [0.05, 0.1) is 12.2 Å². The number of hydrogen-bond donors (Lipinski definition) is 2. The van der Waals surface area contributed by atoms with Crippen LogP contribution in [0.1, 0.15) is 6.42 Å². The highest BCUT2D eigenvalue weighted by atomic mass is 16.5. The summed E-state index contributed by atoms with van der Waals surface area (Å²) in [5, 5.41) is 29.0. The molecule has 66 valence electrons. The number of rotatable bonds is 1. The van der Waals surface area contributed by atoms with Crippen LogP contribution in [0.5, 0.6) is 0 Å². The molecular formula is C6H8N2O4. The number of nitrogens with zero attached hydrogens (tertiary/aromatic N) is 2. The van der Waals surface area contributed by atoms with Crippen molar-refractivity contribution in [3.63, 3.8) is 0 Å². The van der Waals surface area contributed by atoms with Gasteiger partial charge in [0.1, 0.15) is 12.2 Å². The smallest absolute Gasteiger partial charge is 0.219 e. The molecule has 0 radical (unpaired) electrons. The van der Waals surface area contributed by atoms with Crippen LogP contribution in [0.2, 0.25) is 0 Å². The van der Waals surface area contributed by atoms with Gasteiger partial charge >= 0.3 is 0 Å². The van der Waals surface area contributed by atoms with E-state index in [4.69, 9.17) is 20.2 Å². The number of nitriles is 1. The fraction of sp³-hybridized carbons (Fsp3) is 0.833. The van der Waals surface area contributed by atoms with E-state index >= 15 is 0 Å². The normalized spacial score (nSPS) is 41.8. The van der Waals surface area contributed by atoms with Gasteiger partial charge in [-0.05, 0) is 5.18 Å². The zero-order chi connectivity index (χ0) is 9.14. The minimum absolute atomic E-state index is 0.00366. The van der Waals surface area contributed by atoms with Gasteiger partial charge in [-0.15, -0.1) is 4.91 Å². The van der Waals surface area contributed by atoms with Crippen molar-refractivity contribution in [3.05, 3.63) is 4.91 Å². The number of hydrogen-bond acceptors (Lipinski definition) is 6. The summed E-state index contributed by atoms with van der Waals surface area (Å²) in [6.07, 6.45) is -4.65. The molecule has 1 aliphatic rings. The summed E-state index contributed by atoms with van der Waals surface area (Å²) in [6, 6.07) is 1.73. The Balaban J connectivity index is 2.65. The van der Waals surface area contributed by atoms with Gasteiger partial charge in [0.2, 0.25) is 6.23 Å². The van der Waals surface area contributed by atoms with E-state index in [-0.39, 0.29) is 6.42 Å². The van der Waals surface area contributed by atoms with Crippen LogP contribution >= 0.6 is 0 Å². The summed E-state index contributed by atoms with van der Waals surface area (Å²) in [5.41, 5.74) is 0. The van der Waals surface area contributed by atoms with E-state index in [0.717, 1.165) is 0 Å². The van der Waals surface area contributed by atoms with Gasteiger partial charge in [-0.3, -0.25) is 0 Å². The fourth-order valence-electron chi connectivity index (χ4n) is 1.02. The minimum atomic E-state index is -1.33. The number of aliphatic hydroxyl groups is 2. The Morgan fingerprint density at radius 2 is 2.25 bits per heavy atom. The van der Waals surface area contributed by atoms with Gasteiger partial charge in [-0.1, -0.05) is 0 Å². The zero-order valence-electron chi connectivity index (χ0n) is 6.12. The van der Waals surface area contributed by atoms with Gasteiger partial charge in [-0.2, -0.15) is 5.26 Å². The van der Waals surface area contributed by atoms with Crippen molar-refractivity contribution in [3.8, 4) is 6.07 Å². The second kappa shape index (κ2) is 3.58. The first-order valence-electron chi connectivity index (χ1n) is 3.42. The number of ether oxygens (including phenoxy) is 1. The maximum atomic E-state index is 10.0. The Labute approximate surface area is 68.3 Å². The van der Waals surface area contributed by atoms with Gasteiger partial charge in [0, 0.05) is 6.42 Å². The van der Waals surface area contributed by atoms with Crippen LogP contribution in [0.3, 0.4) is 0 Å². The standard InChI is InChI=1S/C6H8N2O4/c7-2-3-1-4(9)5(10)6(8-11)12-3/h3-6,9-10H,1H2/t3?,4?,5?,6-/m1/s1. The highest BCUT2D eigenvalue weighted by Gasteiger charge is 2.37. The lowest BCUT2D eigenvalue weighted by atomic mass is 10.0. The molecule has 6 nitrogen and oxygen atoms in total. The van der Waals surface area contributed by atoms with Crippen molar-refractivity contribution >= 4 is 0 Å². The van der Waals surface area contributed by atoms with Crippen molar-refractivity contribution < 1.29 is 14.9 Å². The fourth-order valence-corrected chi connectivity index (χ4v) is 1.02. The highest BCUT2D eigenvalue weighted by Crippen LogP contribution is 2.20. The Bertz CT molecular complexity index is 214. The summed E-state index contributed by atoms with van der Waals surface area (Å²) in [4.78, 5) is 10.0. The molecular weight excluding hydrogens is 164 g/mol. The van der Waals surface area contributed by atoms with Crippen molar-refractivity contribution in [1.29, 1.82) is 5.26 Å². The predicted molar refractivity (Wildman–Crippen MR) is 36.7 cm³/mol. The van der Waals surface area contributed by atoms with Crippen LogP contribution in [-0.2, 0) is 4.74 Å². The first-order valence-corrected chi connectivity index (χ1v) is 3.42. The molecule has 1 rings (SSSR count). The van der Waals surface area contributed by atoms with Crippen LogP contribution in [0.4, 0.5) is 0 Å². The quantitative estimate of drug-likeness (QED) is 0.499. The summed E-state index contributed by atoms with van der Waals surface area (Å²) in [6.45, 7) is 0. The van der Waals surface area contributed by atoms with E-state index in [9.17, 15) is 4.91 Å². The van der Waals surface area contributed by atoms with Gasteiger partial charge < -0.3 is 14.9 Å². The van der Waals surface area contributed by atoms with E-state index in [1.807, 2.05) is 0 Å². The second-order valence-corrected chi connectivity index (χ2v) is 2.54. The molecule has 0 aliphatic carbocycles. The molecule has 0 aromatic rings. The van der Waals surface area contributed by atoms with Crippen molar-refractivity contribution in [2.75, 3.05) is 0 Å². The molecule has 0 bridgehead atoms. The molecule has 1 fully saturated rings. The lowest BCUT2D eigenvalue weighted by Crippen LogP contribution is -2.46. The van der Waals surface area contributed by atoms with E-state index in [2.05, 4.69) is 5.18 Å². The van der Waals surface area contributed by atoms with Crippen molar-refractivity contribution in [2.24, 2.45) is 5.18 Å². The average Bonchev–Trinajstić information content (AvgIpc) is 2.09. The molecule has 0 spiro atoms. The molecule has 0 amide bonds. The van der Waals surface area contributed by atoms with Gasteiger partial charge in [-0.25, -0.2) is 0 Å². The van der Waals surface area contributed by atoms with E-state index in [1.165, 1.54) is 0 Å². The van der Waals surface area contributed by atoms with Crippen LogP contribution in [0, 0.1) is 16.2 Å². The summed E-state index contributed by atoms with van der Waals surface area (Å²) in [5.74, 6) is 0. The Kier molecular flexibility index (Phi) is 2.70.